The molecule has 0 spiro atoms. The van der Waals surface area contributed by atoms with Gasteiger partial charge < -0.3 is 4.74 Å². The lowest BCUT2D eigenvalue weighted by atomic mass is 10.1. The third-order valence-electron chi connectivity index (χ3n) is 4.47. The van der Waals surface area contributed by atoms with Gasteiger partial charge in [0.05, 0.1) is 23.4 Å². The Morgan fingerprint density at radius 3 is 2.17 bits per heavy atom. The van der Waals surface area contributed by atoms with E-state index in [0.717, 1.165) is 28.3 Å². The van der Waals surface area contributed by atoms with Crippen LogP contribution in [0.5, 0.6) is 5.75 Å². The second-order valence-electron chi connectivity index (χ2n) is 6.39. The van der Waals surface area contributed by atoms with Crippen molar-refractivity contribution in [1.82, 2.24) is 10.2 Å². The molecule has 1 aromatic heterocycles. The van der Waals surface area contributed by atoms with Crippen molar-refractivity contribution < 1.29 is 13.2 Å². The fourth-order valence-electron chi connectivity index (χ4n) is 2.91. The molecule has 0 aliphatic carbocycles. The molecular weight excluding hydrogens is 386 g/mol. The smallest absolute Gasteiger partial charge is 0.261 e. The molecular formula is C22H19N3O3S. The van der Waals surface area contributed by atoms with Crippen molar-refractivity contribution in [2.75, 3.05) is 11.8 Å². The number of aromatic amines is 1. The standard InChI is InChI=1S/C22H19N3O3S/c1-28-19-13-9-17(10-14-19)22-15-21(23-24-22)16-7-11-18(12-8-16)25-29(26,27)20-5-3-2-4-6-20/h2-15,25H,1H3,(H,23,24). The average molecular weight is 405 g/mol. The number of nitrogens with one attached hydrogen (secondary N) is 2. The van der Waals surface area contributed by atoms with E-state index in [0.29, 0.717) is 5.69 Å². The Bertz CT molecular complexity index is 1200. The van der Waals surface area contributed by atoms with Gasteiger partial charge in [0.1, 0.15) is 5.75 Å². The highest BCUT2D eigenvalue weighted by molar-refractivity contribution is 7.92. The van der Waals surface area contributed by atoms with Crippen molar-refractivity contribution in [1.29, 1.82) is 0 Å². The lowest BCUT2D eigenvalue weighted by Crippen LogP contribution is -2.12. The lowest BCUT2D eigenvalue weighted by Gasteiger charge is -2.08. The normalized spacial score (nSPS) is 11.2. The van der Waals surface area contributed by atoms with Gasteiger partial charge in [-0.2, -0.15) is 5.10 Å². The molecule has 3 aromatic carbocycles. The molecule has 0 aliphatic heterocycles. The van der Waals surface area contributed by atoms with Crippen LogP contribution in [0, 0.1) is 0 Å². The Labute approximate surface area is 169 Å². The molecule has 0 radical (unpaired) electrons. The number of anilines is 1. The molecule has 146 valence electrons. The van der Waals surface area contributed by atoms with Crippen LogP contribution in [0.15, 0.2) is 89.8 Å². The number of ether oxygens (including phenoxy) is 1. The van der Waals surface area contributed by atoms with Gasteiger partial charge in [-0.15, -0.1) is 0 Å². The van der Waals surface area contributed by atoms with E-state index in [9.17, 15) is 8.42 Å². The van der Waals surface area contributed by atoms with Gasteiger partial charge in [-0.3, -0.25) is 9.82 Å². The van der Waals surface area contributed by atoms with Gasteiger partial charge in [0.25, 0.3) is 10.0 Å². The van der Waals surface area contributed by atoms with Crippen LogP contribution in [-0.4, -0.2) is 25.7 Å². The van der Waals surface area contributed by atoms with Crippen LogP contribution in [0.2, 0.25) is 0 Å². The molecule has 29 heavy (non-hydrogen) atoms. The molecule has 0 unspecified atom stereocenters. The molecule has 6 nitrogen and oxygen atoms in total. The van der Waals surface area contributed by atoms with E-state index in [1.165, 1.54) is 0 Å². The molecule has 0 saturated heterocycles. The summed E-state index contributed by atoms with van der Waals surface area (Å²) >= 11 is 0. The van der Waals surface area contributed by atoms with E-state index < -0.39 is 10.0 Å². The van der Waals surface area contributed by atoms with Gasteiger partial charge in [0.2, 0.25) is 0 Å². The van der Waals surface area contributed by atoms with Gasteiger partial charge in [0.15, 0.2) is 0 Å². The van der Waals surface area contributed by atoms with E-state index in [4.69, 9.17) is 4.74 Å². The molecule has 7 heteroatoms. The van der Waals surface area contributed by atoms with Crippen molar-refractivity contribution in [2.24, 2.45) is 0 Å². The number of methoxy groups -OCH3 is 1. The Kier molecular flexibility index (Phi) is 5.05. The summed E-state index contributed by atoms with van der Waals surface area (Å²) in [4.78, 5) is 0.224. The summed E-state index contributed by atoms with van der Waals surface area (Å²) in [6.07, 6.45) is 0. The van der Waals surface area contributed by atoms with Crippen LogP contribution in [-0.2, 0) is 10.0 Å². The first-order chi connectivity index (χ1) is 14.0. The molecule has 0 fully saturated rings. The summed E-state index contributed by atoms with van der Waals surface area (Å²) in [6.45, 7) is 0. The van der Waals surface area contributed by atoms with Crippen molar-refractivity contribution in [3.05, 3.63) is 84.9 Å². The highest BCUT2D eigenvalue weighted by atomic mass is 32.2. The summed E-state index contributed by atoms with van der Waals surface area (Å²) < 4.78 is 32.6. The average Bonchev–Trinajstić information content (AvgIpc) is 3.25. The first-order valence-electron chi connectivity index (χ1n) is 8.93. The topological polar surface area (TPSA) is 84.1 Å². The number of aromatic nitrogens is 2. The van der Waals surface area contributed by atoms with Crippen molar-refractivity contribution in [3.63, 3.8) is 0 Å². The van der Waals surface area contributed by atoms with Crippen LogP contribution in [0.4, 0.5) is 5.69 Å². The predicted octanol–water partition coefficient (Wildman–Crippen LogP) is 4.55. The zero-order valence-electron chi connectivity index (χ0n) is 15.7. The maximum Gasteiger partial charge on any atom is 0.261 e. The SMILES string of the molecule is COc1ccc(-c2cc(-c3ccc(NS(=O)(=O)c4ccccc4)cc3)[nH]n2)cc1. The summed E-state index contributed by atoms with van der Waals surface area (Å²) in [5.41, 5.74) is 4.03. The van der Waals surface area contributed by atoms with E-state index in [1.807, 2.05) is 42.5 Å². The Balaban J connectivity index is 1.52. The minimum absolute atomic E-state index is 0.224. The third kappa shape index (κ3) is 4.14. The first kappa shape index (κ1) is 18.8. The number of nitrogens with zero attached hydrogens (tertiary/aromatic N) is 1. The Hall–Kier alpha value is -3.58. The zero-order valence-corrected chi connectivity index (χ0v) is 16.5. The van der Waals surface area contributed by atoms with E-state index in [2.05, 4.69) is 14.9 Å². The van der Waals surface area contributed by atoms with Gasteiger partial charge in [-0.1, -0.05) is 30.3 Å². The molecule has 0 amide bonds. The van der Waals surface area contributed by atoms with E-state index in [-0.39, 0.29) is 4.90 Å². The molecule has 0 atom stereocenters. The maximum absolute atomic E-state index is 12.4. The van der Waals surface area contributed by atoms with Gasteiger partial charge in [-0.05, 0) is 60.2 Å². The lowest BCUT2D eigenvalue weighted by molar-refractivity contribution is 0.415. The van der Waals surface area contributed by atoms with Crippen molar-refractivity contribution >= 4 is 15.7 Å². The zero-order chi connectivity index (χ0) is 20.3. The predicted molar refractivity (Wildman–Crippen MR) is 113 cm³/mol. The highest BCUT2D eigenvalue weighted by Crippen LogP contribution is 2.26. The quantitative estimate of drug-likeness (QED) is 0.493. The van der Waals surface area contributed by atoms with Gasteiger partial charge in [0, 0.05) is 11.3 Å². The Morgan fingerprint density at radius 2 is 1.52 bits per heavy atom. The van der Waals surface area contributed by atoms with Crippen LogP contribution in [0.1, 0.15) is 0 Å². The highest BCUT2D eigenvalue weighted by Gasteiger charge is 2.13. The molecule has 0 saturated carbocycles. The number of hydrogen-bond donors (Lipinski definition) is 2. The summed E-state index contributed by atoms with van der Waals surface area (Å²) in [7, 11) is -1.98. The van der Waals surface area contributed by atoms with E-state index in [1.54, 1.807) is 49.6 Å². The second-order valence-corrected chi connectivity index (χ2v) is 8.07. The minimum Gasteiger partial charge on any atom is -0.497 e. The fourth-order valence-corrected chi connectivity index (χ4v) is 3.99. The second kappa shape index (κ2) is 7.81. The van der Waals surface area contributed by atoms with Gasteiger partial charge in [-0.25, -0.2) is 8.42 Å². The third-order valence-corrected chi connectivity index (χ3v) is 5.86. The fraction of sp³-hybridized carbons (Fsp3) is 0.0455. The van der Waals surface area contributed by atoms with Gasteiger partial charge >= 0.3 is 0 Å². The van der Waals surface area contributed by atoms with Crippen LogP contribution in [0.3, 0.4) is 0 Å². The van der Waals surface area contributed by atoms with Crippen LogP contribution in [0.25, 0.3) is 22.5 Å². The molecule has 4 aromatic rings. The Morgan fingerprint density at radius 1 is 0.862 bits per heavy atom. The van der Waals surface area contributed by atoms with Crippen LogP contribution < -0.4 is 9.46 Å². The largest absolute Gasteiger partial charge is 0.497 e. The van der Waals surface area contributed by atoms with Crippen molar-refractivity contribution in [3.8, 4) is 28.3 Å². The summed E-state index contributed by atoms with van der Waals surface area (Å²) in [5.74, 6) is 0.790. The summed E-state index contributed by atoms with van der Waals surface area (Å²) in [5, 5.41) is 7.39. The number of benzene rings is 3. The molecule has 0 bridgehead atoms. The number of H-pyrrole nitrogens is 1. The van der Waals surface area contributed by atoms with Crippen LogP contribution >= 0.6 is 0 Å². The monoisotopic (exact) mass is 405 g/mol. The van der Waals surface area contributed by atoms with E-state index >= 15 is 0 Å². The molecule has 4 rings (SSSR count). The minimum atomic E-state index is -3.61. The number of hydrogen-bond acceptors (Lipinski definition) is 4. The number of rotatable bonds is 6. The first-order valence-corrected chi connectivity index (χ1v) is 10.4. The molecule has 0 aliphatic rings. The maximum atomic E-state index is 12.4. The number of sulfonamides is 1. The van der Waals surface area contributed by atoms with Crippen molar-refractivity contribution in [2.45, 2.75) is 4.90 Å². The molecule has 2 N–H and O–H groups in total. The molecule has 1 heterocycles. The summed E-state index contributed by atoms with van der Waals surface area (Å²) in [6, 6.07) is 25.0.